The minimum absolute atomic E-state index is 0.127. The molecule has 14 heavy (non-hydrogen) atoms. The highest BCUT2D eigenvalue weighted by Gasteiger charge is 2.28. The Morgan fingerprint density at radius 1 is 1.21 bits per heavy atom. The highest BCUT2D eigenvalue weighted by molar-refractivity contribution is 5.78. The highest BCUT2D eigenvalue weighted by Crippen LogP contribution is 2.32. The molecule has 0 heterocycles. The molecule has 0 spiro atoms. The summed E-state index contributed by atoms with van der Waals surface area (Å²) in [7, 11) is 0. The zero-order valence-corrected chi connectivity index (χ0v) is 9.75. The van der Waals surface area contributed by atoms with Crippen LogP contribution in [0.1, 0.15) is 47.0 Å². The smallest absolute Gasteiger partial charge is 0.132 e. The van der Waals surface area contributed by atoms with Gasteiger partial charge in [0.2, 0.25) is 0 Å². The van der Waals surface area contributed by atoms with Gasteiger partial charge in [-0.15, -0.1) is 0 Å². The molecule has 1 saturated carbocycles. The van der Waals surface area contributed by atoms with Crippen LogP contribution in [0.5, 0.6) is 0 Å². The summed E-state index contributed by atoms with van der Waals surface area (Å²) in [4.78, 5) is 21.7. The Balaban J connectivity index is 0.000000791. The third-order valence-corrected chi connectivity index (χ3v) is 2.75. The normalized spacial score (nSPS) is 31.3. The average Bonchev–Trinajstić information content (AvgIpc) is 2.20. The van der Waals surface area contributed by atoms with Crippen LogP contribution in [0.3, 0.4) is 0 Å². The topological polar surface area (TPSA) is 34.1 Å². The Morgan fingerprint density at radius 3 is 2.21 bits per heavy atom. The van der Waals surface area contributed by atoms with E-state index in [1.165, 1.54) is 0 Å². The van der Waals surface area contributed by atoms with E-state index < -0.39 is 0 Å². The van der Waals surface area contributed by atoms with Crippen LogP contribution in [0.15, 0.2) is 0 Å². The van der Waals surface area contributed by atoms with Crippen LogP contribution in [-0.4, -0.2) is 12.1 Å². The fourth-order valence-electron chi connectivity index (χ4n) is 2.10. The first kappa shape index (κ1) is 13.3. The van der Waals surface area contributed by atoms with Crippen molar-refractivity contribution in [3.8, 4) is 0 Å². The first-order valence-corrected chi connectivity index (χ1v) is 5.59. The molecular formula is C12H22O2. The van der Waals surface area contributed by atoms with Gasteiger partial charge in [-0.1, -0.05) is 20.8 Å². The van der Waals surface area contributed by atoms with E-state index in [0.717, 1.165) is 25.5 Å². The molecule has 2 nitrogen and oxygen atoms in total. The molecule has 0 aromatic carbocycles. The molecule has 1 aliphatic rings. The summed E-state index contributed by atoms with van der Waals surface area (Å²) in [6, 6.07) is 0. The second-order valence-corrected chi connectivity index (χ2v) is 4.02. The molecule has 0 radical (unpaired) electrons. The molecule has 3 unspecified atom stereocenters. The Hall–Kier alpha value is -0.660. The van der Waals surface area contributed by atoms with E-state index in [-0.39, 0.29) is 17.6 Å². The van der Waals surface area contributed by atoms with Crippen molar-refractivity contribution in [3.05, 3.63) is 0 Å². The van der Waals surface area contributed by atoms with Gasteiger partial charge in [0.05, 0.1) is 0 Å². The van der Waals surface area contributed by atoms with Gasteiger partial charge in [0.15, 0.2) is 0 Å². The van der Waals surface area contributed by atoms with Gasteiger partial charge in [-0.2, -0.15) is 0 Å². The molecule has 0 aromatic heterocycles. The lowest BCUT2D eigenvalue weighted by Crippen LogP contribution is -2.26. The van der Waals surface area contributed by atoms with Crippen LogP contribution >= 0.6 is 0 Å². The fourth-order valence-corrected chi connectivity index (χ4v) is 2.10. The standard InChI is InChI=1S/C10H16O2.C2H6/c1-7-3-9(6-11)5-10(4-7)8(2)12;1-2/h6-7,9-10H,3-5H2,1-2H3;1-2H3. The Kier molecular flexibility index (Phi) is 6.43. The second-order valence-electron chi connectivity index (χ2n) is 4.02. The van der Waals surface area contributed by atoms with Crippen molar-refractivity contribution in [1.82, 2.24) is 0 Å². The summed E-state index contributed by atoms with van der Waals surface area (Å²) < 4.78 is 0. The Bertz CT molecular complexity index is 187. The van der Waals surface area contributed by atoms with Gasteiger partial charge in [0.1, 0.15) is 12.1 Å². The number of ketones is 1. The van der Waals surface area contributed by atoms with Crippen molar-refractivity contribution < 1.29 is 9.59 Å². The molecule has 0 N–H and O–H groups in total. The van der Waals surface area contributed by atoms with Gasteiger partial charge in [0.25, 0.3) is 0 Å². The summed E-state index contributed by atoms with van der Waals surface area (Å²) >= 11 is 0. The molecule has 1 rings (SSSR count). The first-order chi connectivity index (χ1) is 6.63. The van der Waals surface area contributed by atoms with Crippen LogP contribution in [-0.2, 0) is 9.59 Å². The zero-order chi connectivity index (χ0) is 11.1. The summed E-state index contributed by atoms with van der Waals surface area (Å²) in [6.07, 6.45) is 3.72. The van der Waals surface area contributed by atoms with Crippen molar-refractivity contribution in [3.63, 3.8) is 0 Å². The molecule has 82 valence electrons. The maximum atomic E-state index is 11.1. The zero-order valence-electron chi connectivity index (χ0n) is 9.75. The van der Waals surface area contributed by atoms with Crippen LogP contribution in [0, 0.1) is 17.8 Å². The molecule has 1 aliphatic carbocycles. The molecule has 0 bridgehead atoms. The maximum Gasteiger partial charge on any atom is 0.132 e. The van der Waals surface area contributed by atoms with Crippen molar-refractivity contribution in [2.45, 2.75) is 47.0 Å². The Morgan fingerprint density at radius 2 is 1.79 bits per heavy atom. The number of hydrogen-bond acceptors (Lipinski definition) is 2. The van der Waals surface area contributed by atoms with Crippen molar-refractivity contribution in [2.75, 3.05) is 0 Å². The summed E-state index contributed by atoms with van der Waals surface area (Å²) in [5.41, 5.74) is 0. The van der Waals surface area contributed by atoms with Crippen molar-refractivity contribution in [2.24, 2.45) is 17.8 Å². The van der Waals surface area contributed by atoms with Gasteiger partial charge in [-0.25, -0.2) is 0 Å². The fraction of sp³-hybridized carbons (Fsp3) is 0.833. The quantitative estimate of drug-likeness (QED) is 0.639. The lowest BCUT2D eigenvalue weighted by molar-refractivity contribution is -0.123. The van der Waals surface area contributed by atoms with Gasteiger partial charge in [0, 0.05) is 11.8 Å². The predicted molar refractivity (Wildman–Crippen MR) is 58.1 cm³/mol. The van der Waals surface area contributed by atoms with Crippen LogP contribution < -0.4 is 0 Å². The number of carbonyl (C=O) groups is 2. The average molecular weight is 198 g/mol. The van der Waals surface area contributed by atoms with E-state index in [0.29, 0.717) is 5.92 Å². The molecule has 0 aliphatic heterocycles. The molecule has 0 aromatic rings. The van der Waals surface area contributed by atoms with Crippen molar-refractivity contribution >= 4 is 12.1 Å². The lowest BCUT2D eigenvalue weighted by atomic mass is 9.75. The van der Waals surface area contributed by atoms with Gasteiger partial charge in [-0.05, 0) is 32.1 Å². The minimum atomic E-state index is 0.127. The van der Waals surface area contributed by atoms with Crippen LogP contribution in [0.2, 0.25) is 0 Å². The van der Waals surface area contributed by atoms with Gasteiger partial charge < -0.3 is 4.79 Å². The summed E-state index contributed by atoms with van der Waals surface area (Å²) in [5.74, 6) is 1.04. The second kappa shape index (κ2) is 6.74. The van der Waals surface area contributed by atoms with E-state index >= 15 is 0 Å². The minimum Gasteiger partial charge on any atom is -0.303 e. The van der Waals surface area contributed by atoms with Crippen LogP contribution in [0.4, 0.5) is 0 Å². The number of Topliss-reactive ketones (excluding diaryl/α,β-unsaturated/α-hetero) is 1. The molecular weight excluding hydrogens is 176 g/mol. The van der Waals surface area contributed by atoms with E-state index in [1.807, 2.05) is 13.8 Å². The molecule has 3 atom stereocenters. The lowest BCUT2D eigenvalue weighted by Gasteiger charge is -2.28. The monoisotopic (exact) mass is 198 g/mol. The van der Waals surface area contributed by atoms with Crippen molar-refractivity contribution in [1.29, 1.82) is 0 Å². The van der Waals surface area contributed by atoms with E-state index in [1.54, 1.807) is 6.92 Å². The third-order valence-electron chi connectivity index (χ3n) is 2.75. The largest absolute Gasteiger partial charge is 0.303 e. The number of hydrogen-bond donors (Lipinski definition) is 0. The maximum absolute atomic E-state index is 11.1. The summed E-state index contributed by atoms with van der Waals surface area (Å²) in [5, 5.41) is 0. The number of carbonyl (C=O) groups excluding carboxylic acids is 2. The van der Waals surface area contributed by atoms with Gasteiger partial charge >= 0.3 is 0 Å². The molecule has 0 saturated heterocycles. The third kappa shape index (κ3) is 4.03. The van der Waals surface area contributed by atoms with E-state index in [4.69, 9.17) is 0 Å². The van der Waals surface area contributed by atoms with Gasteiger partial charge in [-0.3, -0.25) is 4.79 Å². The number of rotatable bonds is 2. The number of aldehydes is 1. The predicted octanol–water partition coefficient (Wildman–Crippen LogP) is 2.85. The van der Waals surface area contributed by atoms with Crippen LogP contribution in [0.25, 0.3) is 0 Å². The van der Waals surface area contributed by atoms with E-state index in [2.05, 4.69) is 6.92 Å². The SMILES string of the molecule is CC.CC(=O)C1CC(C)CC(C=O)C1. The van der Waals surface area contributed by atoms with E-state index in [9.17, 15) is 9.59 Å². The molecule has 2 heteroatoms. The highest BCUT2D eigenvalue weighted by atomic mass is 16.1. The molecule has 0 amide bonds. The first-order valence-electron chi connectivity index (χ1n) is 5.59. The Labute approximate surface area is 87.1 Å². The summed E-state index contributed by atoms with van der Waals surface area (Å²) in [6.45, 7) is 7.75. The molecule has 1 fully saturated rings.